The van der Waals surface area contributed by atoms with Gasteiger partial charge in [-0.3, -0.25) is 9.59 Å². The van der Waals surface area contributed by atoms with Gasteiger partial charge in [-0.15, -0.1) is 0 Å². The quantitative estimate of drug-likeness (QED) is 0.814. The number of rotatable bonds is 4. The number of fused-ring (bicyclic) bond motifs is 4. The zero-order valence-electron chi connectivity index (χ0n) is 17.1. The molecular weight excluding hydrogens is 348 g/mol. The molecule has 1 aromatic heterocycles. The minimum Gasteiger partial charge on any atom is -0.342 e. The van der Waals surface area contributed by atoms with Gasteiger partial charge in [0, 0.05) is 43.7 Å². The van der Waals surface area contributed by atoms with Gasteiger partial charge >= 0.3 is 0 Å². The van der Waals surface area contributed by atoms with Gasteiger partial charge in [0.25, 0.3) is 5.56 Å². The van der Waals surface area contributed by atoms with Gasteiger partial charge < -0.3 is 9.47 Å². The second-order valence-corrected chi connectivity index (χ2v) is 9.01. The highest BCUT2D eigenvalue weighted by atomic mass is 16.2. The summed E-state index contributed by atoms with van der Waals surface area (Å²) in [6.07, 6.45) is 2.62. The van der Waals surface area contributed by atoms with Crippen molar-refractivity contribution in [1.29, 1.82) is 0 Å². The van der Waals surface area contributed by atoms with Crippen LogP contribution < -0.4 is 5.56 Å². The van der Waals surface area contributed by atoms with Gasteiger partial charge in [0.2, 0.25) is 5.91 Å². The monoisotopic (exact) mass is 378 g/mol. The highest BCUT2D eigenvalue weighted by Gasteiger charge is 2.36. The summed E-state index contributed by atoms with van der Waals surface area (Å²) in [6, 6.07) is 12.2. The highest BCUT2D eigenvalue weighted by Crippen LogP contribution is 2.35. The Hall–Kier alpha value is -2.36. The molecule has 0 N–H and O–H groups in total. The van der Waals surface area contributed by atoms with E-state index in [4.69, 9.17) is 0 Å². The Kier molecular flexibility index (Phi) is 5.13. The van der Waals surface area contributed by atoms with Crippen LogP contribution in [0.2, 0.25) is 0 Å². The molecule has 148 valence electrons. The van der Waals surface area contributed by atoms with Gasteiger partial charge in [0.1, 0.15) is 0 Å². The van der Waals surface area contributed by atoms with Crippen LogP contribution >= 0.6 is 0 Å². The number of likely N-dealkylation sites (tertiary alicyclic amines) is 1. The number of carbonyl (C=O) groups is 1. The van der Waals surface area contributed by atoms with Crippen molar-refractivity contribution in [2.24, 2.45) is 11.8 Å². The molecule has 0 spiro atoms. The fourth-order valence-electron chi connectivity index (χ4n) is 5.19. The first-order valence-corrected chi connectivity index (χ1v) is 10.4. The Morgan fingerprint density at radius 2 is 1.86 bits per heavy atom. The molecule has 28 heavy (non-hydrogen) atoms. The Labute approximate surface area is 167 Å². The zero-order valence-corrected chi connectivity index (χ0v) is 17.1. The van der Waals surface area contributed by atoms with Gasteiger partial charge in [-0.05, 0) is 50.2 Å². The number of amides is 1. The van der Waals surface area contributed by atoms with Gasteiger partial charge in [0.05, 0.1) is 0 Å². The van der Waals surface area contributed by atoms with Gasteiger partial charge in [-0.25, -0.2) is 0 Å². The van der Waals surface area contributed by atoms with E-state index in [1.54, 1.807) is 6.07 Å². The van der Waals surface area contributed by atoms with E-state index in [1.807, 2.05) is 10.6 Å². The standard InChI is InChI=1S/C24H30N2O2/c1-16-7-17(2)9-19(8-16)10-18(3)11-24(28)25-13-20-12-21(15-25)22-5-4-6-23(27)26(22)14-20/h4-9,18,20-21H,10-15H2,1-3H3/t18-,20-,21+/m0/s1. The van der Waals surface area contributed by atoms with Crippen LogP contribution in [0.15, 0.2) is 41.2 Å². The Morgan fingerprint density at radius 1 is 1.11 bits per heavy atom. The summed E-state index contributed by atoms with van der Waals surface area (Å²) in [5.41, 5.74) is 5.08. The van der Waals surface area contributed by atoms with Crippen LogP contribution in [0.3, 0.4) is 0 Å². The third-order valence-corrected chi connectivity index (χ3v) is 6.22. The lowest BCUT2D eigenvalue weighted by Gasteiger charge is -2.43. The number of benzene rings is 1. The molecule has 4 nitrogen and oxygen atoms in total. The number of hydrogen-bond acceptors (Lipinski definition) is 2. The second-order valence-electron chi connectivity index (χ2n) is 9.01. The second kappa shape index (κ2) is 7.57. The molecule has 4 rings (SSSR count). The molecule has 2 aliphatic heterocycles. The first-order valence-electron chi connectivity index (χ1n) is 10.4. The van der Waals surface area contributed by atoms with Gasteiger partial charge in [0.15, 0.2) is 0 Å². The topological polar surface area (TPSA) is 42.3 Å². The average Bonchev–Trinajstić information content (AvgIpc) is 2.61. The van der Waals surface area contributed by atoms with E-state index in [1.165, 1.54) is 16.7 Å². The molecule has 3 atom stereocenters. The molecule has 1 amide bonds. The number of carbonyl (C=O) groups excluding carboxylic acids is 1. The van der Waals surface area contributed by atoms with Crippen molar-refractivity contribution >= 4 is 5.91 Å². The fourth-order valence-corrected chi connectivity index (χ4v) is 5.19. The SMILES string of the molecule is Cc1cc(C)cc(C[C@H](C)CC(=O)N2C[C@@H]3C[C@H](C2)c2cccc(=O)n2C3)c1. The van der Waals surface area contributed by atoms with E-state index >= 15 is 0 Å². The van der Waals surface area contributed by atoms with Gasteiger partial charge in [-0.2, -0.15) is 0 Å². The molecule has 2 aliphatic rings. The predicted octanol–water partition coefficient (Wildman–Crippen LogP) is 3.68. The van der Waals surface area contributed by atoms with Crippen molar-refractivity contribution < 1.29 is 4.79 Å². The summed E-state index contributed by atoms with van der Waals surface area (Å²) in [6.45, 7) is 8.70. The van der Waals surface area contributed by atoms with Crippen molar-refractivity contribution in [3.8, 4) is 0 Å². The smallest absolute Gasteiger partial charge is 0.250 e. The maximum atomic E-state index is 13.0. The Balaban J connectivity index is 1.41. The molecule has 1 fully saturated rings. The third kappa shape index (κ3) is 3.91. The lowest BCUT2D eigenvalue weighted by molar-refractivity contribution is -0.134. The minimum absolute atomic E-state index is 0.0917. The van der Waals surface area contributed by atoms with Crippen molar-refractivity contribution in [3.05, 3.63) is 69.1 Å². The zero-order chi connectivity index (χ0) is 19.8. The summed E-state index contributed by atoms with van der Waals surface area (Å²) < 4.78 is 1.92. The minimum atomic E-state index is 0.0917. The molecule has 1 saturated heterocycles. The van der Waals surface area contributed by atoms with Crippen LogP contribution in [-0.2, 0) is 17.8 Å². The van der Waals surface area contributed by atoms with Crippen molar-refractivity contribution in [3.63, 3.8) is 0 Å². The number of aromatic nitrogens is 1. The summed E-state index contributed by atoms with van der Waals surface area (Å²) in [7, 11) is 0. The lowest BCUT2D eigenvalue weighted by atomic mass is 9.83. The van der Waals surface area contributed by atoms with Crippen LogP contribution in [0.4, 0.5) is 0 Å². The first-order chi connectivity index (χ1) is 13.4. The van der Waals surface area contributed by atoms with Crippen molar-refractivity contribution in [1.82, 2.24) is 9.47 Å². The molecule has 1 aromatic carbocycles. The van der Waals surface area contributed by atoms with Crippen LogP contribution in [0, 0.1) is 25.7 Å². The summed E-state index contributed by atoms with van der Waals surface area (Å²) in [4.78, 5) is 27.2. The van der Waals surface area contributed by atoms with Gasteiger partial charge in [-0.1, -0.05) is 42.3 Å². The largest absolute Gasteiger partial charge is 0.342 e. The molecule has 3 heterocycles. The average molecular weight is 379 g/mol. The normalized spacial score (nSPS) is 21.9. The van der Waals surface area contributed by atoms with Crippen molar-refractivity contribution in [2.45, 2.75) is 52.5 Å². The van der Waals surface area contributed by atoms with E-state index in [0.29, 0.717) is 24.2 Å². The van der Waals surface area contributed by atoms with E-state index in [9.17, 15) is 9.59 Å². The molecule has 0 saturated carbocycles. The molecular formula is C24H30N2O2. The molecule has 2 bridgehead atoms. The van der Waals surface area contributed by atoms with Crippen LogP contribution in [0.1, 0.15) is 48.1 Å². The molecule has 0 aliphatic carbocycles. The third-order valence-electron chi connectivity index (χ3n) is 6.22. The lowest BCUT2D eigenvalue weighted by Crippen LogP contribution is -2.49. The van der Waals surface area contributed by atoms with E-state index < -0.39 is 0 Å². The Bertz CT molecular complexity index is 926. The van der Waals surface area contributed by atoms with E-state index in [0.717, 1.165) is 38.2 Å². The number of nitrogens with zero attached hydrogens (tertiary/aromatic N) is 2. The van der Waals surface area contributed by atoms with Crippen LogP contribution in [0.5, 0.6) is 0 Å². The molecule has 2 aromatic rings. The number of hydrogen-bond donors (Lipinski definition) is 0. The van der Waals surface area contributed by atoms with Crippen LogP contribution in [-0.4, -0.2) is 28.5 Å². The molecule has 0 radical (unpaired) electrons. The highest BCUT2D eigenvalue weighted by molar-refractivity contribution is 5.76. The maximum absolute atomic E-state index is 13.0. The van der Waals surface area contributed by atoms with Crippen molar-refractivity contribution in [2.75, 3.05) is 13.1 Å². The van der Waals surface area contributed by atoms with E-state index in [2.05, 4.69) is 49.9 Å². The maximum Gasteiger partial charge on any atom is 0.250 e. The number of piperidine rings is 1. The molecule has 0 unspecified atom stereocenters. The molecule has 4 heteroatoms. The summed E-state index contributed by atoms with van der Waals surface area (Å²) in [5, 5.41) is 0. The van der Waals surface area contributed by atoms with E-state index in [-0.39, 0.29) is 11.5 Å². The first kappa shape index (κ1) is 19.0. The Morgan fingerprint density at radius 3 is 2.61 bits per heavy atom. The number of pyridine rings is 1. The predicted molar refractivity (Wildman–Crippen MR) is 112 cm³/mol. The fraction of sp³-hybridized carbons (Fsp3) is 0.500. The summed E-state index contributed by atoms with van der Waals surface area (Å²) >= 11 is 0. The number of aryl methyl sites for hydroxylation is 2. The summed E-state index contributed by atoms with van der Waals surface area (Å²) in [5.74, 6) is 1.27. The van der Waals surface area contributed by atoms with Crippen LogP contribution in [0.25, 0.3) is 0 Å².